The van der Waals surface area contributed by atoms with E-state index < -0.39 is 7.82 Å². The predicted octanol–water partition coefficient (Wildman–Crippen LogP) is 3.79. The van der Waals surface area contributed by atoms with Crippen molar-refractivity contribution in [2.24, 2.45) is 5.92 Å². The van der Waals surface area contributed by atoms with E-state index in [-0.39, 0.29) is 10.6 Å². The van der Waals surface area contributed by atoms with E-state index in [9.17, 15) is 10.1 Å². The molecular weight excluding hydrogens is 371 g/mol. The zero-order valence-corrected chi connectivity index (χ0v) is 17.1. The highest BCUT2D eigenvalue weighted by molar-refractivity contribution is 7.45. The van der Waals surface area contributed by atoms with Crippen molar-refractivity contribution < 1.29 is 24.2 Å². The van der Waals surface area contributed by atoms with Gasteiger partial charge in [0.1, 0.15) is 0 Å². The fourth-order valence-electron chi connectivity index (χ4n) is 2.67. The summed E-state index contributed by atoms with van der Waals surface area (Å²) in [7, 11) is -4.64. The number of nitrogens with one attached hydrogen (secondary N) is 1. The largest absolute Gasteiger partial charge is 0.466 e. The number of rotatable bonds is 12. The van der Waals surface area contributed by atoms with E-state index in [0.29, 0.717) is 0 Å². The molecule has 0 atom stereocenters. The van der Waals surface area contributed by atoms with Gasteiger partial charge in [-0.1, -0.05) is 45.2 Å². The number of aryl methyl sites for hydroxylation is 1. The van der Waals surface area contributed by atoms with Gasteiger partial charge in [0, 0.05) is 12.1 Å². The third kappa shape index (κ3) is 16.6. The first-order chi connectivity index (χ1) is 12.7. The van der Waals surface area contributed by atoms with E-state index in [1.807, 2.05) is 12.1 Å². The molecule has 0 aromatic heterocycles. The molecule has 1 aromatic rings. The first-order valence-electron chi connectivity index (χ1n) is 9.39. The Balaban J connectivity index is 0.00000119. The van der Waals surface area contributed by atoms with E-state index in [1.165, 1.54) is 37.7 Å². The number of nitro groups is 1. The zero-order chi connectivity index (χ0) is 20.7. The van der Waals surface area contributed by atoms with Crippen LogP contribution in [0.1, 0.15) is 57.9 Å². The number of unbranched alkanes of at least 4 members (excludes halogenated alkanes) is 2. The molecular formula is C18H33N2O6P. The van der Waals surface area contributed by atoms with Gasteiger partial charge in [-0.2, -0.15) is 0 Å². The van der Waals surface area contributed by atoms with Gasteiger partial charge in [0.25, 0.3) is 5.69 Å². The quantitative estimate of drug-likeness (QED) is 0.180. The lowest BCUT2D eigenvalue weighted by Crippen LogP contribution is -2.19. The number of phosphoric acid groups is 1. The minimum absolute atomic E-state index is 0.172. The fourth-order valence-corrected chi connectivity index (χ4v) is 2.67. The molecule has 0 aliphatic heterocycles. The Kier molecular flexibility index (Phi) is 14.0. The van der Waals surface area contributed by atoms with Gasteiger partial charge in [-0.3, -0.25) is 10.1 Å². The van der Waals surface area contributed by atoms with Crippen molar-refractivity contribution in [1.82, 2.24) is 5.32 Å². The van der Waals surface area contributed by atoms with Gasteiger partial charge in [-0.15, -0.1) is 0 Å². The Labute approximate surface area is 161 Å². The van der Waals surface area contributed by atoms with Gasteiger partial charge < -0.3 is 20.0 Å². The second-order valence-corrected chi connectivity index (χ2v) is 7.50. The molecule has 4 N–H and O–H groups in total. The SMILES string of the molecule is CCC(CC)CCNCCCCCc1ccc([N+](=O)[O-])cc1.O=P(O)(O)O. The standard InChI is InChI=1S/C18H30N2O2.H3O4P/c1-3-16(4-2)13-15-19-14-7-5-6-8-17-9-11-18(12-10-17)20(21)22;1-5(2,3)4/h9-12,16,19H,3-8,13-15H2,1-2H3;(H3,1,2,3,4). The summed E-state index contributed by atoms with van der Waals surface area (Å²) in [5.74, 6) is 0.870. The van der Waals surface area contributed by atoms with E-state index in [1.54, 1.807) is 12.1 Å². The van der Waals surface area contributed by atoms with Gasteiger partial charge >= 0.3 is 7.82 Å². The lowest BCUT2D eigenvalue weighted by Gasteiger charge is -2.12. The topological polar surface area (TPSA) is 133 Å². The Bertz CT molecular complexity index is 549. The van der Waals surface area contributed by atoms with Gasteiger partial charge in [0.05, 0.1) is 4.92 Å². The van der Waals surface area contributed by atoms with Crippen LogP contribution >= 0.6 is 7.82 Å². The predicted molar refractivity (Wildman–Crippen MR) is 106 cm³/mol. The van der Waals surface area contributed by atoms with Crippen LogP contribution in [-0.2, 0) is 11.0 Å². The summed E-state index contributed by atoms with van der Waals surface area (Å²) in [6.07, 6.45) is 8.42. The van der Waals surface area contributed by atoms with E-state index in [0.717, 1.165) is 31.8 Å². The van der Waals surface area contributed by atoms with Crippen molar-refractivity contribution >= 4 is 13.5 Å². The van der Waals surface area contributed by atoms with Gasteiger partial charge in [-0.25, -0.2) is 4.57 Å². The lowest BCUT2D eigenvalue weighted by atomic mass is 10.00. The number of hydrogen-bond acceptors (Lipinski definition) is 4. The van der Waals surface area contributed by atoms with Crippen LogP contribution in [0.3, 0.4) is 0 Å². The maximum atomic E-state index is 10.6. The number of nitro benzene ring substituents is 1. The van der Waals surface area contributed by atoms with Crippen molar-refractivity contribution in [3.63, 3.8) is 0 Å². The minimum atomic E-state index is -4.64. The normalized spacial score (nSPS) is 11.2. The van der Waals surface area contributed by atoms with Crippen molar-refractivity contribution in [3.8, 4) is 0 Å². The average Bonchev–Trinajstić information content (AvgIpc) is 2.59. The molecule has 0 aliphatic rings. The molecule has 0 aliphatic carbocycles. The molecule has 0 radical (unpaired) electrons. The van der Waals surface area contributed by atoms with Crippen molar-refractivity contribution in [1.29, 1.82) is 0 Å². The van der Waals surface area contributed by atoms with Gasteiger partial charge in [0.2, 0.25) is 0 Å². The summed E-state index contributed by atoms with van der Waals surface area (Å²) >= 11 is 0. The van der Waals surface area contributed by atoms with Gasteiger partial charge in [-0.05, 0) is 50.3 Å². The van der Waals surface area contributed by atoms with Crippen LogP contribution in [0, 0.1) is 16.0 Å². The van der Waals surface area contributed by atoms with Crippen LogP contribution in [0.4, 0.5) is 5.69 Å². The molecule has 1 aromatic carbocycles. The molecule has 27 heavy (non-hydrogen) atoms. The molecule has 0 amide bonds. The summed E-state index contributed by atoms with van der Waals surface area (Å²) in [6.45, 7) is 6.77. The molecule has 9 heteroatoms. The number of non-ortho nitro benzene ring substituents is 1. The second-order valence-electron chi connectivity index (χ2n) is 6.47. The minimum Gasteiger partial charge on any atom is -0.317 e. The van der Waals surface area contributed by atoms with Crippen LogP contribution in [0.5, 0.6) is 0 Å². The first kappa shape index (κ1) is 25.7. The van der Waals surface area contributed by atoms with Gasteiger partial charge in [0.15, 0.2) is 0 Å². The average molecular weight is 404 g/mol. The Morgan fingerprint density at radius 3 is 2.07 bits per heavy atom. The van der Waals surface area contributed by atoms with E-state index in [4.69, 9.17) is 19.2 Å². The molecule has 0 saturated carbocycles. The van der Waals surface area contributed by atoms with E-state index in [2.05, 4.69) is 19.2 Å². The molecule has 0 unspecified atom stereocenters. The third-order valence-corrected chi connectivity index (χ3v) is 4.35. The number of benzene rings is 1. The fraction of sp³-hybridized carbons (Fsp3) is 0.667. The maximum absolute atomic E-state index is 10.6. The van der Waals surface area contributed by atoms with Crippen LogP contribution in [0.15, 0.2) is 24.3 Å². The Hall–Kier alpha value is -1.31. The molecule has 156 valence electrons. The molecule has 0 spiro atoms. The number of nitrogens with zero attached hydrogens (tertiary/aromatic N) is 1. The van der Waals surface area contributed by atoms with Crippen molar-refractivity contribution in [3.05, 3.63) is 39.9 Å². The highest BCUT2D eigenvalue weighted by atomic mass is 31.2. The molecule has 0 bridgehead atoms. The van der Waals surface area contributed by atoms with Crippen LogP contribution < -0.4 is 5.32 Å². The summed E-state index contributed by atoms with van der Waals surface area (Å²) in [6, 6.07) is 6.92. The smallest absolute Gasteiger partial charge is 0.317 e. The highest BCUT2D eigenvalue weighted by Gasteiger charge is 2.04. The molecule has 0 saturated heterocycles. The molecule has 8 nitrogen and oxygen atoms in total. The molecule has 1 rings (SSSR count). The summed E-state index contributed by atoms with van der Waals surface area (Å²) in [5, 5.41) is 14.1. The Morgan fingerprint density at radius 1 is 1.04 bits per heavy atom. The lowest BCUT2D eigenvalue weighted by molar-refractivity contribution is -0.384. The third-order valence-electron chi connectivity index (χ3n) is 4.35. The highest BCUT2D eigenvalue weighted by Crippen LogP contribution is 2.25. The number of hydrogen-bond donors (Lipinski definition) is 4. The van der Waals surface area contributed by atoms with Crippen LogP contribution in [-0.4, -0.2) is 32.7 Å². The first-order valence-corrected chi connectivity index (χ1v) is 11.0. The monoisotopic (exact) mass is 404 g/mol. The maximum Gasteiger partial charge on any atom is 0.466 e. The zero-order valence-electron chi connectivity index (χ0n) is 16.2. The molecule has 0 heterocycles. The summed E-state index contributed by atoms with van der Waals surface area (Å²) < 4.78 is 8.88. The Morgan fingerprint density at radius 2 is 1.59 bits per heavy atom. The summed E-state index contributed by atoms with van der Waals surface area (Å²) in [5.41, 5.74) is 1.36. The van der Waals surface area contributed by atoms with Crippen molar-refractivity contribution in [2.45, 2.75) is 58.8 Å². The van der Waals surface area contributed by atoms with Crippen LogP contribution in [0.25, 0.3) is 0 Å². The van der Waals surface area contributed by atoms with E-state index >= 15 is 0 Å². The summed E-state index contributed by atoms with van der Waals surface area (Å²) in [4.78, 5) is 31.8. The second kappa shape index (κ2) is 14.7. The van der Waals surface area contributed by atoms with Crippen LogP contribution in [0.2, 0.25) is 0 Å². The van der Waals surface area contributed by atoms with Crippen molar-refractivity contribution in [2.75, 3.05) is 13.1 Å². The molecule has 0 fully saturated rings.